The van der Waals surface area contributed by atoms with E-state index < -0.39 is 34.8 Å². The fourth-order valence-corrected chi connectivity index (χ4v) is 4.12. The summed E-state index contributed by atoms with van der Waals surface area (Å²) >= 11 is -0.846. The van der Waals surface area contributed by atoms with Crippen LogP contribution in [0.25, 0.3) is 0 Å². The van der Waals surface area contributed by atoms with Crippen LogP contribution in [0.5, 0.6) is 0 Å². The van der Waals surface area contributed by atoms with E-state index in [1.807, 2.05) is 4.90 Å². The average molecular weight is 432 g/mol. The molecule has 1 aromatic heterocycles. The summed E-state index contributed by atoms with van der Waals surface area (Å²) in [6, 6.07) is 6.58. The number of amides is 1. The molecule has 0 atom stereocenters. The van der Waals surface area contributed by atoms with Crippen LogP contribution in [0, 0.1) is 5.82 Å². The number of benzene rings is 1. The number of rotatable bonds is 6. The van der Waals surface area contributed by atoms with Gasteiger partial charge in [0.05, 0.1) is 0 Å². The zero-order valence-electron chi connectivity index (χ0n) is 15.4. The first-order valence-corrected chi connectivity index (χ1v) is 10.5. The molecule has 1 aliphatic heterocycles. The molecule has 158 valence electrons. The Kier molecular flexibility index (Phi) is 6.81. The third-order valence-electron chi connectivity index (χ3n) is 4.66. The summed E-state index contributed by atoms with van der Waals surface area (Å²) in [5.74, 6) is -0.121. The fraction of sp³-hybridized carbons (Fsp3) is 0.444. The molecule has 1 aromatic carbocycles. The Bertz CT molecular complexity index is 837. The van der Waals surface area contributed by atoms with E-state index >= 15 is 0 Å². The van der Waals surface area contributed by atoms with Gasteiger partial charge in [-0.05, 0) is 6.07 Å². The maximum Gasteiger partial charge on any atom is 0.435 e. The molecule has 29 heavy (non-hydrogen) atoms. The minimum Gasteiger partial charge on any atom is -0.616 e. The van der Waals surface area contributed by atoms with E-state index in [0.717, 1.165) is 0 Å². The van der Waals surface area contributed by atoms with Crippen LogP contribution >= 0.6 is 0 Å². The molecule has 0 saturated carbocycles. The van der Waals surface area contributed by atoms with Crippen molar-refractivity contribution < 1.29 is 26.9 Å². The van der Waals surface area contributed by atoms with Crippen LogP contribution in [0.15, 0.2) is 30.3 Å². The third kappa shape index (κ3) is 5.71. The highest BCUT2D eigenvalue weighted by Crippen LogP contribution is 2.28. The van der Waals surface area contributed by atoms with Crippen molar-refractivity contribution in [2.75, 3.05) is 37.7 Å². The van der Waals surface area contributed by atoms with Crippen LogP contribution in [0.1, 0.15) is 21.7 Å². The van der Waals surface area contributed by atoms with Crippen LogP contribution in [0.2, 0.25) is 0 Å². The Balaban J connectivity index is 1.75. The van der Waals surface area contributed by atoms with Crippen molar-refractivity contribution in [1.29, 1.82) is 0 Å². The fourth-order valence-electron chi connectivity index (χ4n) is 2.99. The van der Waals surface area contributed by atoms with Crippen molar-refractivity contribution in [2.24, 2.45) is 0 Å². The van der Waals surface area contributed by atoms with Gasteiger partial charge in [0.1, 0.15) is 23.0 Å². The number of aromatic nitrogens is 2. The van der Waals surface area contributed by atoms with Gasteiger partial charge in [-0.2, -0.15) is 18.3 Å². The Labute approximate surface area is 168 Å². The Morgan fingerprint density at radius 3 is 2.59 bits per heavy atom. The Morgan fingerprint density at radius 1 is 1.28 bits per heavy atom. The first kappa shape index (κ1) is 21.6. The number of alkyl halides is 3. The van der Waals surface area contributed by atoms with E-state index in [1.54, 1.807) is 6.07 Å². The zero-order chi connectivity index (χ0) is 21.0. The van der Waals surface area contributed by atoms with Gasteiger partial charge in [-0.15, -0.1) is 0 Å². The summed E-state index contributed by atoms with van der Waals surface area (Å²) in [6.07, 6.45) is -4.67. The molecule has 0 unspecified atom stereocenters. The maximum absolute atomic E-state index is 14.1. The topological polar surface area (TPSA) is 75.3 Å². The van der Waals surface area contributed by atoms with Crippen LogP contribution in [-0.4, -0.2) is 68.1 Å². The zero-order valence-corrected chi connectivity index (χ0v) is 16.2. The summed E-state index contributed by atoms with van der Waals surface area (Å²) in [4.78, 5) is 16.1. The first-order valence-electron chi connectivity index (χ1n) is 8.96. The molecule has 11 heteroatoms. The predicted molar refractivity (Wildman–Crippen MR) is 99.0 cm³/mol. The normalized spacial score (nSPS) is 16.2. The molecule has 2 aromatic rings. The van der Waals surface area contributed by atoms with Crippen molar-refractivity contribution in [3.05, 3.63) is 53.1 Å². The Morgan fingerprint density at radius 2 is 1.97 bits per heavy atom. The van der Waals surface area contributed by atoms with Gasteiger partial charge in [0, 0.05) is 44.4 Å². The van der Waals surface area contributed by atoms with E-state index in [-0.39, 0.29) is 24.3 Å². The van der Waals surface area contributed by atoms with Gasteiger partial charge in [0.15, 0.2) is 5.69 Å². The third-order valence-corrected chi connectivity index (χ3v) is 5.94. The standard InChI is InChI=1S/C18H20F4N4O2S/c19-14-4-2-1-3-13(14)12-26(6-5-25-7-9-29(28)10-8-25)17(27)15-11-16(24-23-15)18(20,21)22/h1-4,11H,5-10,12H2,(H,23,24). The Hall–Kier alpha value is -2.11. The number of nitrogens with one attached hydrogen (secondary N) is 1. The van der Waals surface area contributed by atoms with Crippen molar-refractivity contribution in [1.82, 2.24) is 20.0 Å². The number of hydrogen-bond acceptors (Lipinski definition) is 4. The molecule has 0 aliphatic carbocycles. The van der Waals surface area contributed by atoms with Crippen molar-refractivity contribution in [3.63, 3.8) is 0 Å². The highest BCUT2D eigenvalue weighted by Gasteiger charge is 2.35. The number of nitrogens with zero attached hydrogens (tertiary/aromatic N) is 3. The van der Waals surface area contributed by atoms with Crippen molar-refractivity contribution in [3.8, 4) is 0 Å². The van der Waals surface area contributed by atoms with Gasteiger partial charge < -0.3 is 9.45 Å². The highest BCUT2D eigenvalue weighted by molar-refractivity contribution is 7.91. The summed E-state index contributed by atoms with van der Waals surface area (Å²) in [5, 5.41) is 5.29. The quantitative estimate of drug-likeness (QED) is 0.561. The van der Waals surface area contributed by atoms with Gasteiger partial charge in [0.2, 0.25) is 0 Å². The van der Waals surface area contributed by atoms with Gasteiger partial charge >= 0.3 is 6.18 Å². The van der Waals surface area contributed by atoms with Crippen molar-refractivity contribution >= 4 is 17.1 Å². The molecule has 1 aliphatic rings. The number of carbonyl (C=O) groups is 1. The molecule has 2 heterocycles. The number of aromatic amines is 1. The number of carbonyl (C=O) groups excluding carboxylic acids is 1. The summed E-state index contributed by atoms with van der Waals surface area (Å²) in [6.45, 7) is 1.75. The second kappa shape index (κ2) is 9.14. The molecule has 1 N–H and O–H groups in total. The predicted octanol–water partition coefficient (Wildman–Crippen LogP) is 2.27. The SMILES string of the molecule is O=C(c1cc(C(F)(F)F)n[nH]1)N(CCN1CC[S+]([O-])CC1)Cc1ccccc1F. The number of halogens is 4. The lowest BCUT2D eigenvalue weighted by Crippen LogP contribution is -2.45. The van der Waals surface area contributed by atoms with E-state index in [9.17, 15) is 26.9 Å². The largest absolute Gasteiger partial charge is 0.616 e. The minimum atomic E-state index is -4.67. The first-order chi connectivity index (χ1) is 13.7. The molecule has 1 fully saturated rings. The molecule has 0 bridgehead atoms. The van der Waals surface area contributed by atoms with E-state index in [0.29, 0.717) is 37.2 Å². The molecule has 1 saturated heterocycles. The number of hydrogen-bond donors (Lipinski definition) is 1. The molecule has 0 spiro atoms. The lowest BCUT2D eigenvalue weighted by atomic mass is 10.2. The average Bonchev–Trinajstić information content (AvgIpc) is 3.18. The molecule has 6 nitrogen and oxygen atoms in total. The van der Waals surface area contributed by atoms with E-state index in [2.05, 4.69) is 10.2 Å². The lowest BCUT2D eigenvalue weighted by molar-refractivity contribution is -0.141. The van der Waals surface area contributed by atoms with E-state index in [4.69, 9.17) is 0 Å². The van der Waals surface area contributed by atoms with Crippen LogP contribution in [0.3, 0.4) is 0 Å². The molecular formula is C18H20F4N4O2S. The van der Waals surface area contributed by atoms with Crippen molar-refractivity contribution in [2.45, 2.75) is 12.7 Å². The molecule has 1 amide bonds. The monoisotopic (exact) mass is 432 g/mol. The molecular weight excluding hydrogens is 412 g/mol. The van der Waals surface area contributed by atoms with Gasteiger partial charge in [-0.25, -0.2) is 4.39 Å². The van der Waals surface area contributed by atoms with Crippen LogP contribution in [0.4, 0.5) is 17.6 Å². The summed E-state index contributed by atoms with van der Waals surface area (Å²) < 4.78 is 63.9. The maximum atomic E-state index is 14.1. The second-order valence-corrected chi connectivity index (χ2v) is 8.37. The van der Waals surface area contributed by atoms with Gasteiger partial charge in [-0.1, -0.05) is 29.4 Å². The van der Waals surface area contributed by atoms with Crippen LogP contribution in [-0.2, 0) is 23.9 Å². The number of H-pyrrole nitrogens is 1. The van der Waals surface area contributed by atoms with E-state index in [1.165, 1.54) is 23.1 Å². The van der Waals surface area contributed by atoms with Gasteiger partial charge in [0.25, 0.3) is 5.91 Å². The summed E-state index contributed by atoms with van der Waals surface area (Å²) in [7, 11) is 0. The highest BCUT2D eigenvalue weighted by atomic mass is 32.2. The molecule has 0 radical (unpaired) electrons. The lowest BCUT2D eigenvalue weighted by Gasteiger charge is -2.30. The minimum absolute atomic E-state index is 0.0916. The molecule has 3 rings (SSSR count). The smallest absolute Gasteiger partial charge is 0.435 e. The van der Waals surface area contributed by atoms with Crippen LogP contribution < -0.4 is 0 Å². The summed E-state index contributed by atoms with van der Waals surface area (Å²) in [5.41, 5.74) is -1.24. The second-order valence-electron chi connectivity index (χ2n) is 6.67. The van der Waals surface area contributed by atoms with Gasteiger partial charge in [-0.3, -0.25) is 14.8 Å².